The van der Waals surface area contributed by atoms with Gasteiger partial charge in [-0.15, -0.1) is 24.0 Å². The molecular formula is C22H35IN6. The molecule has 0 aliphatic carbocycles. The zero-order valence-corrected chi connectivity index (χ0v) is 20.4. The highest BCUT2D eigenvalue weighted by atomic mass is 127. The molecule has 7 heteroatoms. The van der Waals surface area contributed by atoms with Gasteiger partial charge >= 0.3 is 0 Å². The van der Waals surface area contributed by atoms with Crippen LogP contribution >= 0.6 is 24.0 Å². The van der Waals surface area contributed by atoms with Crippen LogP contribution < -0.4 is 15.5 Å². The van der Waals surface area contributed by atoms with E-state index in [-0.39, 0.29) is 30.0 Å². The van der Waals surface area contributed by atoms with Gasteiger partial charge in [-0.1, -0.05) is 12.1 Å². The van der Waals surface area contributed by atoms with Gasteiger partial charge in [0.2, 0.25) is 0 Å². The third kappa shape index (κ3) is 6.62. The molecule has 1 aliphatic heterocycles. The first-order chi connectivity index (χ1) is 13.6. The Morgan fingerprint density at radius 3 is 2.62 bits per heavy atom. The number of aryl methyl sites for hydroxylation is 3. The monoisotopic (exact) mass is 510 g/mol. The number of nitrogens with one attached hydrogen (secondary N) is 2. The molecule has 6 nitrogen and oxygen atoms in total. The van der Waals surface area contributed by atoms with E-state index in [0.717, 1.165) is 31.2 Å². The molecule has 1 aromatic carbocycles. The lowest BCUT2D eigenvalue weighted by atomic mass is 10.1. The lowest BCUT2D eigenvalue weighted by molar-refractivity contribution is 0.553. The Kier molecular flexibility index (Phi) is 9.26. The smallest absolute Gasteiger partial charge is 0.191 e. The standard InChI is InChI=1S/C22H34N6.HI/c1-17-15-18(2)28(26-17)14-8-11-24-22(23-4)25-19(3)20-9-7-10-21(16-20)27-12-5-6-13-27;/h7,9-10,15-16,19H,5-6,8,11-14H2,1-4H3,(H2,23,24,25);1H. The highest BCUT2D eigenvalue weighted by Crippen LogP contribution is 2.23. The number of benzene rings is 1. The summed E-state index contributed by atoms with van der Waals surface area (Å²) in [6.45, 7) is 10.4. The highest BCUT2D eigenvalue weighted by molar-refractivity contribution is 14.0. The summed E-state index contributed by atoms with van der Waals surface area (Å²) in [4.78, 5) is 6.86. The van der Waals surface area contributed by atoms with E-state index in [4.69, 9.17) is 0 Å². The van der Waals surface area contributed by atoms with Crippen molar-refractivity contribution in [1.29, 1.82) is 0 Å². The van der Waals surface area contributed by atoms with Crippen LogP contribution in [0.2, 0.25) is 0 Å². The van der Waals surface area contributed by atoms with E-state index in [0.29, 0.717) is 0 Å². The van der Waals surface area contributed by atoms with E-state index in [9.17, 15) is 0 Å². The molecule has 2 aromatic rings. The fourth-order valence-corrected chi connectivity index (χ4v) is 3.79. The minimum Gasteiger partial charge on any atom is -0.372 e. The molecule has 2 N–H and O–H groups in total. The zero-order valence-electron chi connectivity index (χ0n) is 18.1. The molecule has 1 aromatic heterocycles. The largest absolute Gasteiger partial charge is 0.372 e. The molecular weight excluding hydrogens is 475 g/mol. The molecule has 0 saturated carbocycles. The molecule has 160 valence electrons. The Morgan fingerprint density at radius 1 is 1.21 bits per heavy atom. The van der Waals surface area contributed by atoms with Gasteiger partial charge < -0.3 is 15.5 Å². The molecule has 1 aliphatic rings. The van der Waals surface area contributed by atoms with Gasteiger partial charge in [0.15, 0.2) is 5.96 Å². The second-order valence-corrected chi connectivity index (χ2v) is 7.66. The molecule has 1 fully saturated rings. The number of hydrogen-bond acceptors (Lipinski definition) is 3. The van der Waals surface area contributed by atoms with E-state index in [2.05, 4.69) is 74.5 Å². The van der Waals surface area contributed by atoms with Crippen molar-refractivity contribution >= 4 is 35.6 Å². The second kappa shape index (κ2) is 11.4. The van der Waals surface area contributed by atoms with E-state index in [1.807, 2.05) is 14.0 Å². The fraction of sp³-hybridized carbons (Fsp3) is 0.545. The lowest BCUT2D eigenvalue weighted by Gasteiger charge is -2.22. The first-order valence-electron chi connectivity index (χ1n) is 10.4. The molecule has 0 spiro atoms. The van der Waals surface area contributed by atoms with Crippen LogP contribution in [-0.4, -0.2) is 42.4 Å². The maximum atomic E-state index is 4.51. The summed E-state index contributed by atoms with van der Waals surface area (Å²) in [5.41, 5.74) is 4.91. The molecule has 0 amide bonds. The number of aliphatic imine (C=N–C) groups is 1. The number of rotatable bonds is 7. The van der Waals surface area contributed by atoms with Gasteiger partial charge in [-0.25, -0.2) is 0 Å². The Hall–Kier alpha value is -1.77. The number of guanidine groups is 1. The van der Waals surface area contributed by atoms with Crippen molar-refractivity contribution in [3.8, 4) is 0 Å². The summed E-state index contributed by atoms with van der Waals surface area (Å²) in [5, 5.41) is 11.5. The van der Waals surface area contributed by atoms with E-state index >= 15 is 0 Å². The van der Waals surface area contributed by atoms with Crippen LogP contribution in [-0.2, 0) is 6.54 Å². The molecule has 1 saturated heterocycles. The summed E-state index contributed by atoms with van der Waals surface area (Å²) < 4.78 is 2.07. The third-order valence-electron chi connectivity index (χ3n) is 5.36. The van der Waals surface area contributed by atoms with E-state index < -0.39 is 0 Å². The van der Waals surface area contributed by atoms with Crippen molar-refractivity contribution in [2.45, 2.75) is 52.6 Å². The van der Waals surface area contributed by atoms with Crippen LogP contribution in [0.5, 0.6) is 0 Å². The summed E-state index contributed by atoms with van der Waals surface area (Å²) in [5.74, 6) is 0.840. The Balaban J connectivity index is 0.00000300. The highest BCUT2D eigenvalue weighted by Gasteiger charge is 2.14. The van der Waals surface area contributed by atoms with Crippen LogP contribution in [0.3, 0.4) is 0 Å². The first-order valence-corrected chi connectivity index (χ1v) is 10.4. The number of aromatic nitrogens is 2. The number of nitrogens with zero attached hydrogens (tertiary/aromatic N) is 4. The quantitative estimate of drug-likeness (QED) is 0.256. The Labute approximate surface area is 192 Å². The molecule has 2 heterocycles. The summed E-state index contributed by atoms with van der Waals surface area (Å²) >= 11 is 0. The second-order valence-electron chi connectivity index (χ2n) is 7.66. The van der Waals surface area contributed by atoms with Crippen LogP contribution in [0.4, 0.5) is 5.69 Å². The van der Waals surface area contributed by atoms with Crippen molar-refractivity contribution in [3.05, 3.63) is 47.3 Å². The van der Waals surface area contributed by atoms with Crippen molar-refractivity contribution in [3.63, 3.8) is 0 Å². The van der Waals surface area contributed by atoms with Crippen molar-refractivity contribution in [2.24, 2.45) is 4.99 Å². The average Bonchev–Trinajstić information content (AvgIpc) is 3.34. The lowest BCUT2D eigenvalue weighted by Crippen LogP contribution is -2.39. The summed E-state index contributed by atoms with van der Waals surface area (Å²) in [7, 11) is 1.82. The Bertz CT molecular complexity index is 794. The number of hydrogen-bond donors (Lipinski definition) is 2. The van der Waals surface area contributed by atoms with Gasteiger partial charge in [0.05, 0.1) is 11.7 Å². The SMILES string of the molecule is CN=C(NCCCn1nc(C)cc1C)NC(C)c1cccc(N2CCCC2)c1.I. The van der Waals surface area contributed by atoms with E-state index in [1.54, 1.807) is 0 Å². The van der Waals surface area contributed by atoms with Crippen LogP contribution in [0, 0.1) is 13.8 Å². The Morgan fingerprint density at radius 2 is 1.97 bits per heavy atom. The van der Waals surface area contributed by atoms with Gasteiger partial charge in [-0.3, -0.25) is 9.67 Å². The predicted molar refractivity (Wildman–Crippen MR) is 133 cm³/mol. The normalized spacial score (nSPS) is 15.2. The molecule has 0 radical (unpaired) electrons. The van der Waals surface area contributed by atoms with Crippen LogP contribution in [0.25, 0.3) is 0 Å². The van der Waals surface area contributed by atoms with Crippen LogP contribution in [0.1, 0.15) is 49.2 Å². The topological polar surface area (TPSA) is 57.5 Å². The number of anilines is 1. The number of halogens is 1. The molecule has 29 heavy (non-hydrogen) atoms. The van der Waals surface area contributed by atoms with Gasteiger partial charge in [0, 0.05) is 44.6 Å². The summed E-state index contributed by atoms with van der Waals surface area (Å²) in [6, 6.07) is 11.2. The molecule has 3 rings (SSSR count). The van der Waals surface area contributed by atoms with Gasteiger partial charge in [-0.05, 0) is 63.8 Å². The van der Waals surface area contributed by atoms with Gasteiger partial charge in [0.25, 0.3) is 0 Å². The first kappa shape index (κ1) is 23.5. The van der Waals surface area contributed by atoms with Crippen molar-refractivity contribution in [2.75, 3.05) is 31.6 Å². The van der Waals surface area contributed by atoms with E-state index in [1.165, 1.54) is 42.9 Å². The van der Waals surface area contributed by atoms with Crippen molar-refractivity contribution < 1.29 is 0 Å². The molecule has 1 atom stereocenters. The minimum absolute atomic E-state index is 0. The van der Waals surface area contributed by atoms with Crippen LogP contribution in [0.15, 0.2) is 35.3 Å². The molecule has 1 unspecified atom stereocenters. The van der Waals surface area contributed by atoms with Gasteiger partial charge in [0.1, 0.15) is 0 Å². The van der Waals surface area contributed by atoms with Crippen molar-refractivity contribution in [1.82, 2.24) is 20.4 Å². The summed E-state index contributed by atoms with van der Waals surface area (Å²) in [6.07, 6.45) is 3.60. The maximum absolute atomic E-state index is 4.51. The van der Waals surface area contributed by atoms with Gasteiger partial charge in [-0.2, -0.15) is 5.10 Å². The minimum atomic E-state index is 0. The zero-order chi connectivity index (χ0) is 19.9. The fourth-order valence-electron chi connectivity index (χ4n) is 3.79. The molecule has 0 bridgehead atoms. The third-order valence-corrected chi connectivity index (χ3v) is 5.36. The predicted octanol–water partition coefficient (Wildman–Crippen LogP) is 4.03. The maximum Gasteiger partial charge on any atom is 0.191 e. The average molecular weight is 510 g/mol.